The van der Waals surface area contributed by atoms with E-state index in [1.165, 1.54) is 15.6 Å². The third kappa shape index (κ3) is 4.57. The highest BCUT2D eigenvalue weighted by Crippen LogP contribution is 2.40. The second-order valence-electron chi connectivity index (χ2n) is 10.2. The highest BCUT2D eigenvalue weighted by Gasteiger charge is 2.35. The highest BCUT2D eigenvalue weighted by atomic mass is 32.2. The van der Waals surface area contributed by atoms with Crippen molar-refractivity contribution in [1.82, 2.24) is 4.31 Å². The first kappa shape index (κ1) is 26.1. The van der Waals surface area contributed by atoms with E-state index in [1.54, 1.807) is 17.4 Å². The average Bonchev–Trinajstić information content (AvgIpc) is 3.51. The maximum absolute atomic E-state index is 13.6. The maximum atomic E-state index is 13.6. The minimum atomic E-state index is -3.70. The lowest BCUT2D eigenvalue weighted by atomic mass is 9.89. The van der Waals surface area contributed by atoms with Crippen molar-refractivity contribution in [3.63, 3.8) is 0 Å². The fraction of sp³-hybridized carbons (Fsp3) is 0.333. The number of thiophene rings is 1. The molecule has 39 heavy (non-hydrogen) atoms. The normalized spacial score (nSPS) is 17.9. The van der Waals surface area contributed by atoms with E-state index in [2.05, 4.69) is 0 Å². The van der Waals surface area contributed by atoms with Crippen LogP contribution in [-0.2, 0) is 26.0 Å². The van der Waals surface area contributed by atoms with Gasteiger partial charge in [-0.15, -0.1) is 11.3 Å². The van der Waals surface area contributed by atoms with Crippen LogP contribution in [0.4, 0.5) is 5.69 Å². The van der Waals surface area contributed by atoms with Crippen LogP contribution >= 0.6 is 11.3 Å². The zero-order chi connectivity index (χ0) is 27.1. The Balaban J connectivity index is 1.23. The van der Waals surface area contributed by atoms with Gasteiger partial charge in [0.25, 0.3) is 5.91 Å². The molecule has 0 saturated carbocycles. The Kier molecular flexibility index (Phi) is 7.01. The second kappa shape index (κ2) is 10.5. The number of ether oxygens (including phenoxy) is 1. The van der Waals surface area contributed by atoms with Gasteiger partial charge in [-0.05, 0) is 48.4 Å². The molecule has 2 aliphatic heterocycles. The summed E-state index contributed by atoms with van der Waals surface area (Å²) in [6.45, 7) is 1.75. The van der Waals surface area contributed by atoms with Crippen molar-refractivity contribution in [3.05, 3.63) is 71.1 Å². The van der Waals surface area contributed by atoms with Crippen molar-refractivity contribution >= 4 is 59.6 Å². The van der Waals surface area contributed by atoms with E-state index in [0.29, 0.717) is 43.0 Å². The summed E-state index contributed by atoms with van der Waals surface area (Å²) in [7, 11) is -2.06. The smallest absolute Gasteiger partial charge is 0.258 e. The van der Waals surface area contributed by atoms with Gasteiger partial charge in [0, 0.05) is 72.1 Å². The zero-order valence-corrected chi connectivity index (χ0v) is 23.4. The van der Waals surface area contributed by atoms with Crippen molar-refractivity contribution < 1.29 is 22.7 Å². The van der Waals surface area contributed by atoms with Gasteiger partial charge in [0.1, 0.15) is 10.7 Å². The molecular weight excluding hydrogens is 532 g/mol. The molecule has 1 fully saturated rings. The molecule has 0 N–H and O–H groups in total. The molecule has 1 saturated heterocycles. The van der Waals surface area contributed by atoms with E-state index in [-0.39, 0.29) is 30.6 Å². The van der Waals surface area contributed by atoms with Gasteiger partial charge < -0.3 is 9.64 Å². The molecule has 1 unspecified atom stereocenters. The van der Waals surface area contributed by atoms with Gasteiger partial charge in [0.05, 0.1) is 5.69 Å². The molecule has 0 aliphatic carbocycles. The molecule has 3 heterocycles. The Labute approximate surface area is 232 Å². The minimum absolute atomic E-state index is 0.0238. The van der Waals surface area contributed by atoms with Gasteiger partial charge in [0.2, 0.25) is 10.0 Å². The van der Waals surface area contributed by atoms with E-state index in [4.69, 9.17) is 4.74 Å². The molecule has 0 bridgehead atoms. The van der Waals surface area contributed by atoms with Crippen LogP contribution in [0.25, 0.3) is 20.9 Å². The number of anilines is 1. The summed E-state index contributed by atoms with van der Waals surface area (Å²) in [6, 6.07) is 17.1. The number of ketones is 1. The SMILES string of the molecule is COCCCN1C(=O)c2cccc3c(CC(=O)C4CCCN(S(=O)(=O)c5csc6ccccc56)C4)ccc1c23. The van der Waals surface area contributed by atoms with Crippen LogP contribution in [0.5, 0.6) is 0 Å². The second-order valence-corrected chi connectivity index (χ2v) is 13.0. The third-order valence-electron chi connectivity index (χ3n) is 7.87. The van der Waals surface area contributed by atoms with Gasteiger partial charge in [0.15, 0.2) is 0 Å². The number of amides is 1. The van der Waals surface area contributed by atoms with Crippen LogP contribution in [0.2, 0.25) is 0 Å². The van der Waals surface area contributed by atoms with Crippen LogP contribution in [-0.4, -0.2) is 57.8 Å². The lowest BCUT2D eigenvalue weighted by Crippen LogP contribution is -2.42. The molecule has 1 aromatic heterocycles. The number of carbonyl (C=O) groups is 2. The summed E-state index contributed by atoms with van der Waals surface area (Å²) >= 11 is 1.42. The average molecular weight is 563 g/mol. The Morgan fingerprint density at radius 2 is 1.90 bits per heavy atom. The molecule has 0 radical (unpaired) electrons. The van der Waals surface area contributed by atoms with Gasteiger partial charge in [-0.2, -0.15) is 4.31 Å². The third-order valence-corrected chi connectivity index (χ3v) is 10.9. The number of methoxy groups -OCH3 is 1. The number of benzene rings is 3. The minimum Gasteiger partial charge on any atom is -0.385 e. The number of sulfonamides is 1. The number of carbonyl (C=O) groups excluding carboxylic acids is 2. The van der Waals surface area contributed by atoms with Gasteiger partial charge in [-0.25, -0.2) is 8.42 Å². The summed E-state index contributed by atoms with van der Waals surface area (Å²) in [5.41, 5.74) is 2.40. The zero-order valence-electron chi connectivity index (χ0n) is 21.8. The topological polar surface area (TPSA) is 84.0 Å². The Morgan fingerprint density at radius 1 is 1.08 bits per heavy atom. The fourth-order valence-electron chi connectivity index (χ4n) is 5.90. The quantitative estimate of drug-likeness (QED) is 0.260. The van der Waals surface area contributed by atoms with Crippen LogP contribution in [0.15, 0.2) is 64.9 Å². The lowest BCUT2D eigenvalue weighted by Gasteiger charge is -2.31. The summed E-state index contributed by atoms with van der Waals surface area (Å²) in [5.74, 6) is -0.357. The van der Waals surface area contributed by atoms with Crippen LogP contribution < -0.4 is 4.90 Å². The molecule has 1 amide bonds. The van der Waals surface area contributed by atoms with Crippen molar-refractivity contribution in [3.8, 4) is 0 Å². The fourth-order valence-corrected chi connectivity index (χ4v) is 8.90. The number of Topliss-reactive ketones (excluding diaryl/α,β-unsaturated/α-hetero) is 1. The molecule has 7 nitrogen and oxygen atoms in total. The monoisotopic (exact) mass is 562 g/mol. The molecule has 2 aliphatic rings. The summed E-state index contributed by atoms with van der Waals surface area (Å²) in [4.78, 5) is 28.8. The number of rotatable bonds is 9. The Hall–Kier alpha value is -3.11. The van der Waals surface area contributed by atoms with Crippen LogP contribution in [0.1, 0.15) is 35.2 Å². The molecular formula is C30H30N2O5S2. The summed E-state index contributed by atoms with van der Waals surface area (Å²) < 4.78 is 34.7. The lowest BCUT2D eigenvalue weighted by molar-refractivity contribution is -0.123. The van der Waals surface area contributed by atoms with E-state index >= 15 is 0 Å². The Morgan fingerprint density at radius 3 is 2.74 bits per heavy atom. The molecule has 202 valence electrons. The van der Waals surface area contributed by atoms with Gasteiger partial charge in [-0.3, -0.25) is 9.59 Å². The molecule has 0 spiro atoms. The maximum Gasteiger partial charge on any atom is 0.258 e. The van der Waals surface area contributed by atoms with Crippen molar-refractivity contribution in [1.29, 1.82) is 0 Å². The van der Waals surface area contributed by atoms with Crippen molar-refractivity contribution in [2.75, 3.05) is 38.3 Å². The van der Waals surface area contributed by atoms with Gasteiger partial charge in [-0.1, -0.05) is 36.4 Å². The van der Waals surface area contributed by atoms with E-state index in [1.807, 2.05) is 54.6 Å². The first-order chi connectivity index (χ1) is 18.9. The summed E-state index contributed by atoms with van der Waals surface area (Å²) in [5, 5.41) is 4.24. The predicted octanol–water partition coefficient (Wildman–Crippen LogP) is 5.26. The molecule has 4 aromatic rings. The van der Waals surface area contributed by atoms with Crippen molar-refractivity contribution in [2.24, 2.45) is 5.92 Å². The molecule has 9 heteroatoms. The summed E-state index contributed by atoms with van der Waals surface area (Å²) in [6.07, 6.45) is 2.26. The predicted molar refractivity (Wildman–Crippen MR) is 154 cm³/mol. The highest BCUT2D eigenvalue weighted by molar-refractivity contribution is 7.89. The standard InChI is InChI=1S/C30H30N2O5S2/c1-37-16-6-15-32-25-13-12-20(22-9-4-10-24(29(22)25)30(32)34)17-26(33)21-7-5-14-31(18-21)39(35,36)28-19-38-27-11-3-2-8-23(27)28/h2-4,8-13,19,21H,5-7,14-18H2,1H3. The number of hydrogen-bond donors (Lipinski definition) is 0. The van der Waals surface area contributed by atoms with Crippen molar-refractivity contribution in [2.45, 2.75) is 30.6 Å². The first-order valence-electron chi connectivity index (χ1n) is 13.2. The number of fused-ring (bicyclic) bond motifs is 1. The Bertz CT molecular complexity index is 1690. The largest absolute Gasteiger partial charge is 0.385 e. The number of piperidine rings is 1. The molecule has 1 atom stereocenters. The van der Waals surface area contributed by atoms with E-state index < -0.39 is 10.0 Å². The number of hydrogen-bond acceptors (Lipinski definition) is 6. The first-order valence-corrected chi connectivity index (χ1v) is 15.6. The number of nitrogens with zero attached hydrogens (tertiary/aromatic N) is 2. The molecule has 3 aromatic carbocycles. The van der Waals surface area contributed by atoms with Crippen LogP contribution in [0.3, 0.4) is 0 Å². The van der Waals surface area contributed by atoms with Crippen LogP contribution in [0, 0.1) is 5.92 Å². The van der Waals surface area contributed by atoms with E-state index in [9.17, 15) is 18.0 Å². The van der Waals surface area contributed by atoms with Gasteiger partial charge >= 0.3 is 0 Å². The van der Waals surface area contributed by atoms with E-state index in [0.717, 1.165) is 38.5 Å². The molecule has 6 rings (SSSR count).